The van der Waals surface area contributed by atoms with E-state index in [1.807, 2.05) is 37.5 Å². The van der Waals surface area contributed by atoms with Gasteiger partial charge in [0.15, 0.2) is 11.6 Å². The zero-order chi connectivity index (χ0) is 22.2. The summed E-state index contributed by atoms with van der Waals surface area (Å²) in [5.74, 6) is 0.945. The molecule has 1 atom stereocenters. The minimum Gasteiger partial charge on any atom is -0.368 e. The van der Waals surface area contributed by atoms with E-state index >= 15 is 0 Å². The summed E-state index contributed by atoms with van der Waals surface area (Å²) in [5.41, 5.74) is 5.59. The predicted molar refractivity (Wildman–Crippen MR) is 125 cm³/mol. The molecule has 1 aliphatic heterocycles. The minimum atomic E-state index is 0.170. The maximum atomic E-state index is 12.2. The number of carbonyl (C=O) groups excluding carboxylic acids is 2. The topological polar surface area (TPSA) is 66.4 Å². The normalized spacial score (nSPS) is 20.0. The summed E-state index contributed by atoms with van der Waals surface area (Å²) in [7, 11) is 0. The summed E-state index contributed by atoms with van der Waals surface area (Å²) in [6.07, 6.45) is 9.16. The molecule has 2 aliphatic carbocycles. The highest BCUT2D eigenvalue weighted by Gasteiger charge is 2.26. The molecule has 6 nitrogen and oxygen atoms in total. The van der Waals surface area contributed by atoms with Gasteiger partial charge in [-0.3, -0.25) is 24.5 Å². The summed E-state index contributed by atoms with van der Waals surface area (Å²) in [4.78, 5) is 38.2. The van der Waals surface area contributed by atoms with Gasteiger partial charge in [-0.25, -0.2) is 0 Å². The molecule has 1 saturated heterocycles. The van der Waals surface area contributed by atoms with E-state index in [-0.39, 0.29) is 17.6 Å². The van der Waals surface area contributed by atoms with Crippen LogP contribution in [-0.2, 0) is 11.2 Å². The summed E-state index contributed by atoms with van der Waals surface area (Å²) in [6.45, 7) is 7.79. The molecule has 3 aliphatic rings. The number of Topliss-reactive ketones (excluding diaryl/α,β-unsaturated/α-hetero) is 2. The van der Waals surface area contributed by atoms with Crippen LogP contribution in [0.4, 0.5) is 5.69 Å². The van der Waals surface area contributed by atoms with E-state index in [0.29, 0.717) is 24.5 Å². The number of carbonyl (C=O) groups is 2. The van der Waals surface area contributed by atoms with Crippen molar-refractivity contribution >= 4 is 23.3 Å². The van der Waals surface area contributed by atoms with Gasteiger partial charge >= 0.3 is 0 Å². The second-order valence-corrected chi connectivity index (χ2v) is 9.41. The molecular weight excluding hydrogens is 400 g/mol. The van der Waals surface area contributed by atoms with Crippen molar-refractivity contribution in [3.8, 4) is 0 Å². The first-order valence-corrected chi connectivity index (χ1v) is 11.7. The number of anilines is 1. The van der Waals surface area contributed by atoms with Crippen LogP contribution in [0.15, 0.2) is 36.2 Å². The molecule has 0 bridgehead atoms. The SMILES string of the molecule is CC1=Cc2ncc([C@@H](C)N3CCN(c4ccc(C(=O)CC5CC5)nc4)CC3)cc2CC1=O. The van der Waals surface area contributed by atoms with Crippen molar-refractivity contribution in [2.24, 2.45) is 5.92 Å². The first-order valence-electron chi connectivity index (χ1n) is 11.7. The Labute approximate surface area is 189 Å². The molecule has 0 unspecified atom stereocenters. The van der Waals surface area contributed by atoms with Crippen LogP contribution in [0.25, 0.3) is 6.08 Å². The van der Waals surface area contributed by atoms with Gasteiger partial charge < -0.3 is 4.90 Å². The van der Waals surface area contributed by atoms with Crippen molar-refractivity contribution in [3.63, 3.8) is 0 Å². The highest BCUT2D eigenvalue weighted by molar-refractivity contribution is 6.02. The van der Waals surface area contributed by atoms with E-state index in [1.54, 1.807) is 0 Å². The fraction of sp³-hybridized carbons (Fsp3) is 0.462. The lowest BCUT2D eigenvalue weighted by molar-refractivity contribution is -0.114. The van der Waals surface area contributed by atoms with E-state index in [9.17, 15) is 9.59 Å². The van der Waals surface area contributed by atoms with Gasteiger partial charge in [0.2, 0.25) is 0 Å². The highest BCUT2D eigenvalue weighted by Crippen LogP contribution is 2.33. The molecular formula is C26H30N4O2. The van der Waals surface area contributed by atoms with Gasteiger partial charge in [0, 0.05) is 51.3 Å². The fourth-order valence-corrected chi connectivity index (χ4v) is 4.64. The van der Waals surface area contributed by atoms with Crippen molar-refractivity contribution in [3.05, 3.63) is 58.7 Å². The molecule has 32 heavy (non-hydrogen) atoms. The van der Waals surface area contributed by atoms with Crippen molar-refractivity contribution in [2.75, 3.05) is 31.1 Å². The number of ketones is 2. The summed E-state index contributed by atoms with van der Waals surface area (Å²) < 4.78 is 0. The zero-order valence-corrected chi connectivity index (χ0v) is 18.9. The standard InChI is InChI=1S/C26H30N4O2/c1-17-11-24-20(14-25(17)31)13-21(15-27-24)18(2)29-7-9-30(10-8-29)22-5-6-23(28-16-22)26(32)12-19-3-4-19/h5-6,11,13,15-16,18-19H,3-4,7-10,12,14H2,1-2H3/t18-/m1/s1. The largest absolute Gasteiger partial charge is 0.368 e. The van der Waals surface area contributed by atoms with E-state index in [0.717, 1.165) is 54.3 Å². The number of hydrogen-bond donors (Lipinski definition) is 0. The van der Waals surface area contributed by atoms with Crippen LogP contribution in [0.3, 0.4) is 0 Å². The zero-order valence-electron chi connectivity index (χ0n) is 18.9. The molecule has 2 aromatic rings. The van der Waals surface area contributed by atoms with Gasteiger partial charge in [-0.15, -0.1) is 0 Å². The fourth-order valence-electron chi connectivity index (χ4n) is 4.64. The lowest BCUT2D eigenvalue weighted by Crippen LogP contribution is -2.47. The number of piperazine rings is 1. The Morgan fingerprint density at radius 1 is 1.12 bits per heavy atom. The number of nitrogens with zero attached hydrogens (tertiary/aromatic N) is 4. The summed E-state index contributed by atoms with van der Waals surface area (Å²) >= 11 is 0. The lowest BCUT2D eigenvalue weighted by Gasteiger charge is -2.39. The van der Waals surface area contributed by atoms with E-state index in [4.69, 9.17) is 0 Å². The quantitative estimate of drug-likeness (QED) is 0.648. The molecule has 0 spiro atoms. The average Bonchev–Trinajstić information content (AvgIpc) is 3.63. The Morgan fingerprint density at radius 3 is 2.59 bits per heavy atom. The Bertz CT molecular complexity index is 1060. The van der Waals surface area contributed by atoms with Crippen LogP contribution in [0.5, 0.6) is 0 Å². The van der Waals surface area contributed by atoms with Gasteiger partial charge in [0.05, 0.1) is 17.6 Å². The molecule has 0 radical (unpaired) electrons. The van der Waals surface area contributed by atoms with E-state index < -0.39 is 0 Å². The molecule has 0 amide bonds. The molecule has 166 valence electrons. The Hall–Kier alpha value is -2.86. The molecule has 0 aromatic carbocycles. The Morgan fingerprint density at radius 2 is 1.91 bits per heavy atom. The van der Waals surface area contributed by atoms with Crippen molar-refractivity contribution in [1.29, 1.82) is 0 Å². The number of pyridine rings is 2. The van der Waals surface area contributed by atoms with Gasteiger partial charge in [0.25, 0.3) is 0 Å². The number of allylic oxidation sites excluding steroid dienone is 1. The number of fused-ring (bicyclic) bond motifs is 1. The van der Waals surface area contributed by atoms with Gasteiger partial charge in [0.1, 0.15) is 5.69 Å². The van der Waals surface area contributed by atoms with Crippen LogP contribution >= 0.6 is 0 Å². The molecule has 5 rings (SSSR count). The smallest absolute Gasteiger partial charge is 0.181 e. The third kappa shape index (κ3) is 4.37. The minimum absolute atomic E-state index is 0.170. The van der Waals surface area contributed by atoms with Crippen molar-refractivity contribution < 1.29 is 9.59 Å². The summed E-state index contributed by atoms with van der Waals surface area (Å²) in [6, 6.07) is 6.32. The van der Waals surface area contributed by atoms with Gasteiger partial charge in [-0.2, -0.15) is 0 Å². The van der Waals surface area contributed by atoms with Gasteiger partial charge in [-0.05, 0) is 67.5 Å². The predicted octanol–water partition coefficient (Wildman–Crippen LogP) is 3.87. The molecule has 0 N–H and O–H groups in total. The van der Waals surface area contributed by atoms with Crippen molar-refractivity contribution in [1.82, 2.24) is 14.9 Å². The van der Waals surface area contributed by atoms with Crippen LogP contribution in [0, 0.1) is 5.92 Å². The third-order valence-electron chi connectivity index (χ3n) is 7.08. The molecule has 6 heteroatoms. The van der Waals surface area contributed by atoms with E-state index in [2.05, 4.69) is 32.8 Å². The lowest BCUT2D eigenvalue weighted by atomic mass is 9.93. The maximum absolute atomic E-state index is 12.2. The van der Waals surface area contributed by atoms with Crippen LogP contribution < -0.4 is 4.90 Å². The number of hydrogen-bond acceptors (Lipinski definition) is 6. The van der Waals surface area contributed by atoms with Crippen LogP contribution in [-0.4, -0.2) is 52.6 Å². The first kappa shape index (κ1) is 21.0. The second-order valence-electron chi connectivity index (χ2n) is 9.41. The number of rotatable bonds is 6. The third-order valence-corrected chi connectivity index (χ3v) is 7.08. The van der Waals surface area contributed by atoms with Gasteiger partial charge in [-0.1, -0.05) is 6.07 Å². The Balaban J connectivity index is 1.20. The van der Waals surface area contributed by atoms with Crippen molar-refractivity contribution in [2.45, 2.75) is 45.6 Å². The number of aromatic nitrogens is 2. The summed E-state index contributed by atoms with van der Waals surface area (Å²) in [5, 5.41) is 0. The highest BCUT2D eigenvalue weighted by atomic mass is 16.1. The first-order chi connectivity index (χ1) is 15.5. The average molecular weight is 431 g/mol. The molecule has 2 fully saturated rings. The molecule has 1 saturated carbocycles. The van der Waals surface area contributed by atoms with Crippen LogP contribution in [0.2, 0.25) is 0 Å². The maximum Gasteiger partial charge on any atom is 0.181 e. The second kappa shape index (κ2) is 8.58. The molecule has 2 aromatic heterocycles. The van der Waals surface area contributed by atoms with E-state index in [1.165, 1.54) is 12.8 Å². The molecule has 3 heterocycles. The van der Waals surface area contributed by atoms with Crippen LogP contribution in [0.1, 0.15) is 66.5 Å². The Kier molecular flexibility index (Phi) is 5.64. The monoisotopic (exact) mass is 430 g/mol.